The number of aryl methyl sites for hydroxylation is 1. The molecule has 0 fully saturated rings. The Kier molecular flexibility index (Phi) is 5.42. The van der Waals surface area contributed by atoms with Gasteiger partial charge in [0.2, 0.25) is 0 Å². The fourth-order valence-electron chi connectivity index (χ4n) is 2.69. The van der Waals surface area contributed by atoms with E-state index >= 15 is 0 Å². The number of benzene rings is 2. The molecule has 0 unspecified atom stereocenters. The van der Waals surface area contributed by atoms with Crippen molar-refractivity contribution in [1.29, 1.82) is 0 Å². The van der Waals surface area contributed by atoms with Crippen molar-refractivity contribution in [3.05, 3.63) is 102 Å². The topological polar surface area (TPSA) is 12.4 Å². The lowest BCUT2D eigenvalue weighted by Crippen LogP contribution is -2.09. The predicted octanol–water partition coefficient (Wildman–Crippen LogP) is 5.47. The summed E-state index contributed by atoms with van der Waals surface area (Å²) in [5.74, 6) is 0. The first-order chi connectivity index (χ1) is 12.2. The Morgan fingerprint density at radius 3 is 1.92 bits per heavy atom. The Balaban J connectivity index is 2.61. The SMILES string of the molecule is C=C/C(=N/c1cc2c(=C)ccc(=C)c2cc1C)C(=C)C(=C)C(=C)C(=C)C. The van der Waals surface area contributed by atoms with Crippen molar-refractivity contribution in [1.82, 2.24) is 0 Å². The Labute approximate surface area is 156 Å². The smallest absolute Gasteiger partial charge is 0.0703 e. The third-order valence-electron chi connectivity index (χ3n) is 4.50. The van der Waals surface area contributed by atoms with Crippen LogP contribution in [-0.2, 0) is 0 Å². The van der Waals surface area contributed by atoms with Gasteiger partial charge < -0.3 is 0 Å². The summed E-state index contributed by atoms with van der Waals surface area (Å²) in [6, 6.07) is 8.09. The lowest BCUT2D eigenvalue weighted by atomic mass is 9.94. The normalized spacial score (nSPS) is 11.2. The predicted molar refractivity (Wildman–Crippen MR) is 119 cm³/mol. The first-order valence-corrected chi connectivity index (χ1v) is 8.33. The van der Waals surface area contributed by atoms with Crippen molar-refractivity contribution in [2.45, 2.75) is 13.8 Å². The number of hydrogen-bond acceptors (Lipinski definition) is 1. The molecule has 0 aliphatic heterocycles. The molecule has 26 heavy (non-hydrogen) atoms. The van der Waals surface area contributed by atoms with Crippen LogP contribution < -0.4 is 10.4 Å². The van der Waals surface area contributed by atoms with Gasteiger partial charge in [0.1, 0.15) is 0 Å². The molecule has 0 radical (unpaired) electrons. The summed E-state index contributed by atoms with van der Waals surface area (Å²) < 4.78 is 0. The average Bonchev–Trinajstić information content (AvgIpc) is 2.61. The van der Waals surface area contributed by atoms with Crippen LogP contribution >= 0.6 is 0 Å². The van der Waals surface area contributed by atoms with Gasteiger partial charge in [-0.1, -0.05) is 63.8 Å². The van der Waals surface area contributed by atoms with Crippen LogP contribution in [0.5, 0.6) is 0 Å². The van der Waals surface area contributed by atoms with Crippen LogP contribution in [0.1, 0.15) is 12.5 Å². The fraction of sp³-hybridized carbons (Fsp3) is 0.0800. The quantitative estimate of drug-likeness (QED) is 0.489. The van der Waals surface area contributed by atoms with Gasteiger partial charge >= 0.3 is 0 Å². The maximum Gasteiger partial charge on any atom is 0.0703 e. The maximum atomic E-state index is 4.78. The third-order valence-corrected chi connectivity index (χ3v) is 4.50. The molecule has 130 valence electrons. The summed E-state index contributed by atoms with van der Waals surface area (Å²) in [5.41, 5.74) is 5.58. The molecule has 2 rings (SSSR count). The van der Waals surface area contributed by atoms with Crippen LogP contribution in [0.3, 0.4) is 0 Å². The second kappa shape index (κ2) is 7.37. The van der Waals surface area contributed by atoms with E-state index in [4.69, 9.17) is 4.99 Å². The van der Waals surface area contributed by atoms with E-state index in [0.717, 1.165) is 43.6 Å². The first-order valence-electron chi connectivity index (χ1n) is 8.33. The number of rotatable bonds is 6. The van der Waals surface area contributed by atoms with Crippen molar-refractivity contribution in [3.8, 4) is 0 Å². The van der Waals surface area contributed by atoms with E-state index in [9.17, 15) is 0 Å². The van der Waals surface area contributed by atoms with E-state index in [1.807, 2.05) is 32.0 Å². The molecular formula is C25H25N. The van der Waals surface area contributed by atoms with Crippen LogP contribution in [0, 0.1) is 6.92 Å². The molecule has 0 N–H and O–H groups in total. The Bertz CT molecular complexity index is 1110. The molecule has 0 bridgehead atoms. The minimum absolute atomic E-state index is 0.663. The molecule has 0 amide bonds. The van der Waals surface area contributed by atoms with E-state index in [1.54, 1.807) is 6.08 Å². The van der Waals surface area contributed by atoms with Crippen LogP contribution in [-0.4, -0.2) is 5.71 Å². The highest BCUT2D eigenvalue weighted by Gasteiger charge is 2.11. The molecule has 0 heterocycles. The van der Waals surface area contributed by atoms with Crippen molar-refractivity contribution >= 4 is 35.3 Å². The summed E-state index contributed by atoms with van der Waals surface area (Å²) in [4.78, 5) is 4.78. The second-order valence-electron chi connectivity index (χ2n) is 6.49. The first kappa shape index (κ1) is 19.1. The van der Waals surface area contributed by atoms with Crippen LogP contribution in [0.15, 0.2) is 90.5 Å². The monoisotopic (exact) mass is 339 g/mol. The second-order valence-corrected chi connectivity index (χ2v) is 6.49. The number of fused-ring (bicyclic) bond motifs is 1. The number of hydrogen-bond donors (Lipinski definition) is 0. The van der Waals surface area contributed by atoms with Crippen molar-refractivity contribution in [3.63, 3.8) is 0 Å². The highest BCUT2D eigenvalue weighted by molar-refractivity contribution is 6.13. The minimum atomic E-state index is 0.663. The van der Waals surface area contributed by atoms with Crippen molar-refractivity contribution in [2.75, 3.05) is 0 Å². The zero-order chi connectivity index (χ0) is 19.6. The molecule has 0 spiro atoms. The van der Waals surface area contributed by atoms with Crippen LogP contribution in [0.2, 0.25) is 0 Å². The van der Waals surface area contributed by atoms with Gasteiger partial charge in [-0.25, -0.2) is 4.99 Å². The van der Waals surface area contributed by atoms with Gasteiger partial charge in [-0.15, -0.1) is 0 Å². The van der Waals surface area contributed by atoms with E-state index in [-0.39, 0.29) is 0 Å². The van der Waals surface area contributed by atoms with E-state index in [1.165, 1.54) is 0 Å². The lowest BCUT2D eigenvalue weighted by molar-refractivity contribution is 1.38. The van der Waals surface area contributed by atoms with E-state index < -0.39 is 0 Å². The molecule has 2 aromatic rings. The van der Waals surface area contributed by atoms with E-state index in [2.05, 4.69) is 52.1 Å². The van der Waals surface area contributed by atoms with Gasteiger partial charge in [-0.05, 0) is 70.0 Å². The Hall–Kier alpha value is -3.19. The number of nitrogens with zero attached hydrogens (tertiary/aromatic N) is 1. The van der Waals surface area contributed by atoms with Gasteiger partial charge in [0.15, 0.2) is 0 Å². The number of allylic oxidation sites excluding steroid dienone is 5. The van der Waals surface area contributed by atoms with Crippen molar-refractivity contribution in [2.24, 2.45) is 4.99 Å². The molecule has 1 nitrogen and oxygen atoms in total. The van der Waals surface area contributed by atoms with Crippen LogP contribution in [0.25, 0.3) is 23.9 Å². The van der Waals surface area contributed by atoms with Crippen molar-refractivity contribution < 1.29 is 0 Å². The largest absolute Gasteiger partial charge is 0.248 e. The fourth-order valence-corrected chi connectivity index (χ4v) is 2.69. The third kappa shape index (κ3) is 3.57. The summed E-state index contributed by atoms with van der Waals surface area (Å²) >= 11 is 0. The van der Waals surface area contributed by atoms with Gasteiger partial charge in [0, 0.05) is 5.57 Å². The molecule has 0 aromatic heterocycles. The highest BCUT2D eigenvalue weighted by Crippen LogP contribution is 2.27. The Morgan fingerprint density at radius 2 is 1.42 bits per heavy atom. The zero-order valence-corrected chi connectivity index (χ0v) is 15.8. The summed E-state index contributed by atoms with van der Waals surface area (Å²) in [6.45, 7) is 32.1. The number of aliphatic imine (C=N–C) groups is 1. The van der Waals surface area contributed by atoms with Gasteiger partial charge in [0.25, 0.3) is 0 Å². The molecule has 2 aromatic carbocycles. The molecule has 0 aliphatic rings. The summed E-state index contributed by atoms with van der Waals surface area (Å²) in [7, 11) is 0. The van der Waals surface area contributed by atoms with E-state index in [0.29, 0.717) is 16.9 Å². The Morgan fingerprint density at radius 1 is 0.885 bits per heavy atom. The molecule has 0 saturated carbocycles. The molecular weight excluding hydrogens is 314 g/mol. The maximum absolute atomic E-state index is 4.78. The highest BCUT2D eigenvalue weighted by atomic mass is 14.7. The van der Waals surface area contributed by atoms with Gasteiger partial charge in [0.05, 0.1) is 11.4 Å². The van der Waals surface area contributed by atoms with Gasteiger partial charge in [-0.2, -0.15) is 0 Å². The molecule has 0 atom stereocenters. The average molecular weight is 339 g/mol. The molecule has 1 heteroatoms. The zero-order valence-electron chi connectivity index (χ0n) is 15.8. The summed E-state index contributed by atoms with van der Waals surface area (Å²) in [6.07, 6.45) is 1.69. The standard InChI is InChI=1S/C25H25N/c1-10-24(21(9)20(8)19(7)15(2)3)26-25-14-23-17(5)12-11-16(4)22(23)13-18(25)6/h10-14H,1-2,4-5,7-9H2,3,6H3/b26-24-. The lowest BCUT2D eigenvalue weighted by Gasteiger charge is -2.13. The summed E-state index contributed by atoms with van der Waals surface area (Å²) in [5, 5.41) is 4.06. The molecule has 0 saturated heterocycles. The minimum Gasteiger partial charge on any atom is -0.248 e. The van der Waals surface area contributed by atoms with Gasteiger partial charge in [-0.3, -0.25) is 0 Å². The van der Waals surface area contributed by atoms with Crippen LogP contribution in [0.4, 0.5) is 5.69 Å². The molecule has 0 aliphatic carbocycles.